The molecule has 0 fully saturated rings. The number of hydrogen-bond donors (Lipinski definition) is 0. The Hall–Kier alpha value is -4.16. The molecular formula is C33H24. The second-order valence-corrected chi connectivity index (χ2v) is 8.63. The van der Waals surface area contributed by atoms with E-state index in [2.05, 4.69) is 111 Å². The van der Waals surface area contributed by atoms with Crippen LogP contribution in [0.25, 0.3) is 67.4 Å². The van der Waals surface area contributed by atoms with Crippen LogP contribution in [0, 0.1) is 6.92 Å². The molecule has 0 N–H and O–H groups in total. The van der Waals surface area contributed by atoms with Crippen molar-refractivity contribution in [1.29, 1.82) is 0 Å². The van der Waals surface area contributed by atoms with Crippen LogP contribution in [0.1, 0.15) is 16.7 Å². The minimum atomic E-state index is 1.13. The molecule has 5 aromatic rings. The molecule has 33 heavy (non-hydrogen) atoms. The Bertz CT molecular complexity index is 1480. The van der Waals surface area contributed by atoms with E-state index in [4.69, 9.17) is 0 Å². The topological polar surface area (TPSA) is 0 Å². The zero-order valence-corrected chi connectivity index (χ0v) is 18.7. The molecule has 1 aliphatic rings. The SMILES string of the molecule is C=Cc1c(C=C)c(-c2ccccc2)c2c(c1-c1ccccc1)-c1cccc3c(C)ccc-2c13. The molecular weight excluding hydrogens is 396 g/mol. The van der Waals surface area contributed by atoms with Crippen molar-refractivity contribution in [3.8, 4) is 44.5 Å². The third-order valence-corrected chi connectivity index (χ3v) is 6.91. The van der Waals surface area contributed by atoms with Crippen LogP contribution in [0.4, 0.5) is 0 Å². The third kappa shape index (κ3) is 2.71. The summed E-state index contributed by atoms with van der Waals surface area (Å²) in [5.74, 6) is 0. The lowest BCUT2D eigenvalue weighted by molar-refractivity contribution is 1.53. The first-order valence-corrected chi connectivity index (χ1v) is 11.4. The van der Waals surface area contributed by atoms with Gasteiger partial charge in [-0.15, -0.1) is 0 Å². The van der Waals surface area contributed by atoms with Crippen LogP contribution in [-0.4, -0.2) is 0 Å². The summed E-state index contributed by atoms with van der Waals surface area (Å²) < 4.78 is 0. The van der Waals surface area contributed by atoms with Crippen LogP contribution in [0.15, 0.2) is 104 Å². The molecule has 1 aliphatic carbocycles. The molecule has 0 atom stereocenters. The van der Waals surface area contributed by atoms with Gasteiger partial charge >= 0.3 is 0 Å². The fraction of sp³-hybridized carbons (Fsp3) is 0.0303. The van der Waals surface area contributed by atoms with Gasteiger partial charge in [0.25, 0.3) is 0 Å². The van der Waals surface area contributed by atoms with Gasteiger partial charge in [-0.2, -0.15) is 0 Å². The van der Waals surface area contributed by atoms with E-state index >= 15 is 0 Å². The van der Waals surface area contributed by atoms with Crippen molar-refractivity contribution >= 4 is 22.9 Å². The summed E-state index contributed by atoms with van der Waals surface area (Å²) in [6.45, 7) is 10.7. The highest BCUT2D eigenvalue weighted by atomic mass is 14.3. The molecule has 0 heteroatoms. The molecule has 6 rings (SSSR count). The molecule has 0 heterocycles. The maximum atomic E-state index is 4.25. The molecule has 5 aromatic carbocycles. The monoisotopic (exact) mass is 420 g/mol. The van der Waals surface area contributed by atoms with Crippen LogP contribution in [0.5, 0.6) is 0 Å². The number of rotatable bonds is 4. The van der Waals surface area contributed by atoms with E-state index in [1.807, 2.05) is 12.2 Å². The fourth-order valence-electron chi connectivity index (χ4n) is 5.53. The molecule has 0 spiro atoms. The molecule has 0 saturated carbocycles. The van der Waals surface area contributed by atoms with E-state index in [-0.39, 0.29) is 0 Å². The Kier molecular flexibility index (Phi) is 4.41. The van der Waals surface area contributed by atoms with E-state index in [9.17, 15) is 0 Å². The van der Waals surface area contributed by atoms with Gasteiger partial charge in [0.1, 0.15) is 0 Å². The van der Waals surface area contributed by atoms with E-state index in [0.29, 0.717) is 0 Å². The molecule has 0 amide bonds. The van der Waals surface area contributed by atoms with Crippen molar-refractivity contribution in [2.75, 3.05) is 0 Å². The summed E-state index contributed by atoms with van der Waals surface area (Å²) in [7, 11) is 0. The lowest BCUT2D eigenvalue weighted by Crippen LogP contribution is -1.98. The van der Waals surface area contributed by atoms with Gasteiger partial charge in [0.05, 0.1) is 0 Å². The van der Waals surface area contributed by atoms with Gasteiger partial charge in [-0.3, -0.25) is 0 Å². The lowest BCUT2D eigenvalue weighted by Gasteiger charge is -2.22. The van der Waals surface area contributed by atoms with Gasteiger partial charge in [-0.25, -0.2) is 0 Å². The van der Waals surface area contributed by atoms with Gasteiger partial charge in [-0.05, 0) is 78.9 Å². The number of benzene rings is 5. The van der Waals surface area contributed by atoms with Gasteiger partial charge in [0, 0.05) is 0 Å². The van der Waals surface area contributed by atoms with Gasteiger partial charge in [-0.1, -0.05) is 116 Å². The van der Waals surface area contributed by atoms with Crippen LogP contribution in [0.3, 0.4) is 0 Å². The van der Waals surface area contributed by atoms with Crippen LogP contribution < -0.4 is 0 Å². The summed E-state index contributed by atoms with van der Waals surface area (Å²) >= 11 is 0. The average molecular weight is 421 g/mol. The average Bonchev–Trinajstić information content (AvgIpc) is 3.20. The Morgan fingerprint density at radius 1 is 0.515 bits per heavy atom. The van der Waals surface area contributed by atoms with E-state index < -0.39 is 0 Å². The lowest BCUT2D eigenvalue weighted by atomic mass is 9.80. The Balaban J connectivity index is 1.90. The summed E-state index contributed by atoms with van der Waals surface area (Å²) in [5.41, 5.74) is 13.6. The molecule has 156 valence electrons. The molecule has 0 aromatic heterocycles. The minimum Gasteiger partial charge on any atom is -0.0984 e. The number of fused-ring (bicyclic) bond motifs is 3. The molecule has 0 saturated heterocycles. The largest absolute Gasteiger partial charge is 0.0984 e. The predicted octanol–water partition coefficient (Wildman–Crippen LogP) is 9.42. The first-order chi connectivity index (χ1) is 16.2. The zero-order chi connectivity index (χ0) is 22.5. The van der Waals surface area contributed by atoms with Crippen LogP contribution in [0.2, 0.25) is 0 Å². The van der Waals surface area contributed by atoms with Crippen molar-refractivity contribution in [2.45, 2.75) is 6.92 Å². The van der Waals surface area contributed by atoms with Crippen molar-refractivity contribution in [3.63, 3.8) is 0 Å². The minimum absolute atomic E-state index is 1.13. The first kappa shape index (κ1) is 19.5. The standard InChI is InChI=1S/C33H24/c1-4-24-25(5-2)30(23-15-10-7-11-16-23)33-28-20-19-21(3)26-17-12-18-27(31(26)28)32(33)29(24)22-13-8-6-9-14-22/h4-20H,1-2H2,3H3. The highest BCUT2D eigenvalue weighted by Gasteiger charge is 2.31. The van der Waals surface area contributed by atoms with Gasteiger partial charge < -0.3 is 0 Å². The second-order valence-electron chi connectivity index (χ2n) is 8.63. The zero-order valence-electron chi connectivity index (χ0n) is 18.7. The molecule has 0 radical (unpaired) electrons. The van der Waals surface area contributed by atoms with Gasteiger partial charge in [0.2, 0.25) is 0 Å². The first-order valence-electron chi connectivity index (χ1n) is 11.4. The van der Waals surface area contributed by atoms with Gasteiger partial charge in [0.15, 0.2) is 0 Å². The quantitative estimate of drug-likeness (QED) is 0.266. The highest BCUT2D eigenvalue weighted by Crippen LogP contribution is 2.57. The fourth-order valence-corrected chi connectivity index (χ4v) is 5.53. The van der Waals surface area contributed by atoms with E-state index in [1.165, 1.54) is 60.8 Å². The van der Waals surface area contributed by atoms with E-state index in [1.54, 1.807) is 0 Å². The molecule has 0 aliphatic heterocycles. The maximum Gasteiger partial charge on any atom is -0.000742 e. The Morgan fingerprint density at radius 2 is 1.03 bits per heavy atom. The Labute approximate surface area is 195 Å². The third-order valence-electron chi connectivity index (χ3n) is 6.91. The normalized spacial score (nSPS) is 11.4. The summed E-state index contributed by atoms with van der Waals surface area (Å²) in [5, 5.41) is 2.66. The maximum absolute atomic E-state index is 4.25. The summed E-state index contributed by atoms with van der Waals surface area (Å²) in [4.78, 5) is 0. The predicted molar refractivity (Wildman–Crippen MR) is 144 cm³/mol. The number of hydrogen-bond acceptors (Lipinski definition) is 0. The Morgan fingerprint density at radius 3 is 1.55 bits per heavy atom. The van der Waals surface area contributed by atoms with Crippen molar-refractivity contribution in [3.05, 3.63) is 121 Å². The number of aryl methyl sites for hydroxylation is 1. The molecule has 0 nitrogen and oxygen atoms in total. The summed E-state index contributed by atoms with van der Waals surface area (Å²) in [6.07, 6.45) is 4.00. The smallest absolute Gasteiger partial charge is 0.000742 e. The van der Waals surface area contributed by atoms with Crippen LogP contribution in [-0.2, 0) is 0 Å². The van der Waals surface area contributed by atoms with Crippen LogP contribution >= 0.6 is 0 Å². The van der Waals surface area contributed by atoms with Crippen molar-refractivity contribution < 1.29 is 0 Å². The molecule has 0 bridgehead atoms. The highest BCUT2D eigenvalue weighted by molar-refractivity contribution is 6.23. The van der Waals surface area contributed by atoms with Crippen molar-refractivity contribution in [1.82, 2.24) is 0 Å². The van der Waals surface area contributed by atoms with E-state index in [0.717, 1.165) is 11.1 Å². The second kappa shape index (κ2) is 7.46. The molecule has 0 unspecified atom stereocenters. The van der Waals surface area contributed by atoms with Crippen molar-refractivity contribution in [2.24, 2.45) is 0 Å². The summed E-state index contributed by atoms with van der Waals surface area (Å²) in [6, 6.07) is 32.7.